The van der Waals surface area contributed by atoms with Crippen molar-refractivity contribution in [2.24, 2.45) is 0 Å². The Labute approximate surface area is 170 Å². The number of amides is 1. The zero-order chi connectivity index (χ0) is 20.4. The van der Waals surface area contributed by atoms with Gasteiger partial charge in [0.25, 0.3) is 0 Å². The maximum absolute atomic E-state index is 14.0. The number of hydrogen-bond donors (Lipinski definition) is 1. The molecule has 1 heterocycles. The number of nitrogens with one attached hydrogen (secondary N) is 1. The molecule has 4 nitrogen and oxygen atoms in total. The molecule has 0 aliphatic carbocycles. The topological polar surface area (TPSA) is 59.3 Å². The minimum Gasteiger partial charge on any atom is -0.456 e. The number of benzene rings is 3. The Morgan fingerprint density at radius 1 is 1.00 bits per heavy atom. The summed E-state index contributed by atoms with van der Waals surface area (Å²) in [6, 6.07) is 19.1. The van der Waals surface area contributed by atoms with E-state index in [1.54, 1.807) is 60.7 Å². The van der Waals surface area contributed by atoms with Crippen molar-refractivity contribution in [3.8, 4) is 11.3 Å². The van der Waals surface area contributed by atoms with Crippen LogP contribution in [0.5, 0.6) is 0 Å². The lowest BCUT2D eigenvalue weighted by molar-refractivity contribution is -0.115. The first kappa shape index (κ1) is 18.9. The van der Waals surface area contributed by atoms with Gasteiger partial charge in [0.05, 0.1) is 17.4 Å². The molecule has 29 heavy (non-hydrogen) atoms. The molecule has 4 rings (SSSR count). The van der Waals surface area contributed by atoms with E-state index < -0.39 is 5.82 Å². The van der Waals surface area contributed by atoms with Crippen LogP contribution in [0.1, 0.15) is 5.56 Å². The predicted molar refractivity (Wildman–Crippen MR) is 112 cm³/mol. The molecule has 0 aliphatic heterocycles. The Morgan fingerprint density at radius 3 is 2.52 bits per heavy atom. The van der Waals surface area contributed by atoms with Gasteiger partial charge in [-0.2, -0.15) is 0 Å². The standard InChI is InChI=1S/C23H15ClFNO3/c24-15-7-5-14(6-8-15)11-23(28)26-16-9-10-21-18(12-16)20(27)13-22(29-21)17-3-1-2-4-19(17)25/h1-10,12-13H,11H2,(H,26,28). The van der Waals surface area contributed by atoms with Crippen molar-refractivity contribution < 1.29 is 13.6 Å². The summed E-state index contributed by atoms with van der Waals surface area (Å²) in [5.41, 5.74) is 1.50. The van der Waals surface area contributed by atoms with Crippen molar-refractivity contribution in [3.05, 3.63) is 99.4 Å². The fourth-order valence-corrected chi connectivity index (χ4v) is 3.15. The molecule has 0 saturated carbocycles. The summed E-state index contributed by atoms with van der Waals surface area (Å²) in [6.45, 7) is 0. The molecule has 1 N–H and O–H groups in total. The van der Waals surface area contributed by atoms with Crippen LogP contribution in [0.4, 0.5) is 10.1 Å². The van der Waals surface area contributed by atoms with Crippen LogP contribution < -0.4 is 10.7 Å². The molecule has 1 aromatic heterocycles. The van der Waals surface area contributed by atoms with Crippen molar-refractivity contribution in [3.63, 3.8) is 0 Å². The van der Waals surface area contributed by atoms with Gasteiger partial charge < -0.3 is 9.73 Å². The molecule has 6 heteroatoms. The maximum Gasteiger partial charge on any atom is 0.228 e. The van der Waals surface area contributed by atoms with Gasteiger partial charge in [0.1, 0.15) is 17.2 Å². The third-order valence-electron chi connectivity index (χ3n) is 4.43. The lowest BCUT2D eigenvalue weighted by Crippen LogP contribution is -2.14. The highest BCUT2D eigenvalue weighted by Crippen LogP contribution is 2.26. The lowest BCUT2D eigenvalue weighted by atomic mass is 10.1. The van der Waals surface area contributed by atoms with Crippen molar-refractivity contribution in [2.75, 3.05) is 5.32 Å². The van der Waals surface area contributed by atoms with Crippen molar-refractivity contribution in [2.45, 2.75) is 6.42 Å². The van der Waals surface area contributed by atoms with Gasteiger partial charge in [-0.3, -0.25) is 9.59 Å². The summed E-state index contributed by atoms with van der Waals surface area (Å²) in [5.74, 6) is -0.541. The van der Waals surface area contributed by atoms with Gasteiger partial charge in [0.15, 0.2) is 5.43 Å². The van der Waals surface area contributed by atoms with Crippen LogP contribution in [0.25, 0.3) is 22.3 Å². The molecular formula is C23H15ClFNO3. The van der Waals surface area contributed by atoms with Gasteiger partial charge in [0, 0.05) is 16.8 Å². The number of carbonyl (C=O) groups is 1. The van der Waals surface area contributed by atoms with E-state index in [4.69, 9.17) is 16.0 Å². The Hall–Kier alpha value is -3.44. The monoisotopic (exact) mass is 407 g/mol. The minimum absolute atomic E-state index is 0.153. The molecule has 0 atom stereocenters. The molecule has 0 unspecified atom stereocenters. The van der Waals surface area contributed by atoms with E-state index in [2.05, 4.69) is 5.32 Å². The van der Waals surface area contributed by atoms with Crippen molar-refractivity contribution >= 4 is 34.2 Å². The van der Waals surface area contributed by atoms with E-state index in [1.807, 2.05) is 0 Å². The zero-order valence-electron chi connectivity index (χ0n) is 15.1. The molecule has 0 fully saturated rings. The van der Waals surface area contributed by atoms with Crippen LogP contribution in [0.2, 0.25) is 5.02 Å². The molecule has 0 saturated heterocycles. The largest absolute Gasteiger partial charge is 0.456 e. The van der Waals surface area contributed by atoms with Crippen LogP contribution in [0, 0.1) is 5.82 Å². The molecule has 144 valence electrons. The predicted octanol–water partition coefficient (Wildman–Crippen LogP) is 5.43. The highest BCUT2D eigenvalue weighted by molar-refractivity contribution is 6.30. The first-order valence-corrected chi connectivity index (χ1v) is 9.24. The fourth-order valence-electron chi connectivity index (χ4n) is 3.02. The van der Waals surface area contributed by atoms with Gasteiger partial charge >= 0.3 is 0 Å². The number of rotatable bonds is 4. The second kappa shape index (κ2) is 7.89. The Bertz CT molecular complexity index is 1270. The molecule has 0 radical (unpaired) electrons. The van der Waals surface area contributed by atoms with Gasteiger partial charge in [-0.25, -0.2) is 4.39 Å². The minimum atomic E-state index is -0.471. The first-order valence-electron chi connectivity index (χ1n) is 8.87. The maximum atomic E-state index is 14.0. The van der Waals surface area contributed by atoms with E-state index in [0.717, 1.165) is 5.56 Å². The second-order valence-corrected chi connectivity index (χ2v) is 6.95. The summed E-state index contributed by atoms with van der Waals surface area (Å²) in [7, 11) is 0. The van der Waals surface area contributed by atoms with Crippen LogP contribution in [0.15, 0.2) is 82.0 Å². The Balaban J connectivity index is 1.59. The third-order valence-corrected chi connectivity index (χ3v) is 4.68. The summed E-state index contributed by atoms with van der Waals surface area (Å²) in [6.07, 6.45) is 0.177. The van der Waals surface area contributed by atoms with Gasteiger partial charge in [0.2, 0.25) is 5.91 Å². The highest BCUT2D eigenvalue weighted by Gasteiger charge is 2.12. The van der Waals surface area contributed by atoms with Crippen LogP contribution in [0.3, 0.4) is 0 Å². The van der Waals surface area contributed by atoms with Gasteiger partial charge in [-0.05, 0) is 48.0 Å². The molecule has 0 bridgehead atoms. The number of hydrogen-bond acceptors (Lipinski definition) is 3. The number of halogens is 2. The van der Waals surface area contributed by atoms with Crippen molar-refractivity contribution in [1.82, 2.24) is 0 Å². The number of carbonyl (C=O) groups excluding carboxylic acids is 1. The Kier molecular flexibility index (Phi) is 5.14. The van der Waals surface area contributed by atoms with Crippen molar-refractivity contribution in [1.29, 1.82) is 0 Å². The van der Waals surface area contributed by atoms with E-state index in [-0.39, 0.29) is 29.1 Å². The third kappa shape index (κ3) is 4.20. The fraction of sp³-hybridized carbons (Fsp3) is 0.0435. The van der Waals surface area contributed by atoms with Gasteiger partial charge in [-0.15, -0.1) is 0 Å². The lowest BCUT2D eigenvalue weighted by Gasteiger charge is -2.08. The molecule has 4 aromatic rings. The molecule has 0 aliphatic rings. The summed E-state index contributed by atoms with van der Waals surface area (Å²) in [4.78, 5) is 24.8. The average Bonchev–Trinajstić information content (AvgIpc) is 2.70. The summed E-state index contributed by atoms with van der Waals surface area (Å²) in [5, 5.41) is 3.67. The van der Waals surface area contributed by atoms with E-state index in [9.17, 15) is 14.0 Å². The first-order chi connectivity index (χ1) is 14.0. The second-order valence-electron chi connectivity index (χ2n) is 6.52. The van der Waals surface area contributed by atoms with Crippen LogP contribution >= 0.6 is 11.6 Å². The van der Waals surface area contributed by atoms with Gasteiger partial charge in [-0.1, -0.05) is 35.9 Å². The Morgan fingerprint density at radius 2 is 1.76 bits per heavy atom. The van der Waals surface area contributed by atoms with Crippen LogP contribution in [-0.2, 0) is 11.2 Å². The average molecular weight is 408 g/mol. The zero-order valence-corrected chi connectivity index (χ0v) is 15.9. The number of anilines is 1. The number of fused-ring (bicyclic) bond motifs is 1. The molecular weight excluding hydrogens is 393 g/mol. The summed E-state index contributed by atoms with van der Waals surface area (Å²) >= 11 is 5.85. The highest BCUT2D eigenvalue weighted by atomic mass is 35.5. The van der Waals surface area contributed by atoms with Crippen LogP contribution in [-0.4, -0.2) is 5.91 Å². The molecule has 1 amide bonds. The SMILES string of the molecule is O=C(Cc1ccc(Cl)cc1)Nc1ccc2oc(-c3ccccc3F)cc(=O)c2c1. The van der Waals surface area contributed by atoms with E-state index >= 15 is 0 Å². The quantitative estimate of drug-likeness (QED) is 0.490. The van der Waals surface area contributed by atoms with E-state index in [0.29, 0.717) is 21.7 Å². The molecule has 0 spiro atoms. The molecule has 3 aromatic carbocycles. The summed E-state index contributed by atoms with van der Waals surface area (Å²) < 4.78 is 19.7. The smallest absolute Gasteiger partial charge is 0.228 e. The normalized spacial score (nSPS) is 10.8. The van der Waals surface area contributed by atoms with E-state index in [1.165, 1.54) is 12.1 Å².